The lowest BCUT2D eigenvalue weighted by atomic mass is 10.2. The summed E-state index contributed by atoms with van der Waals surface area (Å²) in [5, 5.41) is 0. The van der Waals surface area contributed by atoms with Crippen molar-refractivity contribution in [1.82, 2.24) is 0 Å². The second-order valence-electron chi connectivity index (χ2n) is 6.69. The van der Waals surface area contributed by atoms with Crippen LogP contribution in [0.5, 0.6) is 0 Å². The van der Waals surface area contributed by atoms with Crippen LogP contribution >= 0.6 is 0 Å². The molecule has 0 amide bonds. The standard InChI is InChI=1S/C10H24O3Si.C9H22O3Si/c1-6-11-14(12-7-2,13-8-3)9-10(4)5;1-5-6-7-8-9-13(10-2,11-3)12-4/h10H,6-9H2,1-5H3;5-9H2,1-4H3. The van der Waals surface area contributed by atoms with Crippen molar-refractivity contribution in [3.8, 4) is 0 Å². The van der Waals surface area contributed by atoms with Crippen molar-refractivity contribution in [1.29, 1.82) is 0 Å². The van der Waals surface area contributed by atoms with E-state index in [0.29, 0.717) is 25.7 Å². The van der Waals surface area contributed by atoms with Crippen molar-refractivity contribution < 1.29 is 26.6 Å². The van der Waals surface area contributed by atoms with Gasteiger partial charge in [0.2, 0.25) is 0 Å². The maximum absolute atomic E-state index is 5.72. The third kappa shape index (κ3) is 13.9. The minimum atomic E-state index is -2.36. The Morgan fingerprint density at radius 3 is 1.37 bits per heavy atom. The Morgan fingerprint density at radius 2 is 1.07 bits per heavy atom. The van der Waals surface area contributed by atoms with Crippen LogP contribution in [0, 0.1) is 5.92 Å². The van der Waals surface area contributed by atoms with Gasteiger partial charge in [0, 0.05) is 53.2 Å². The first-order chi connectivity index (χ1) is 12.8. The molecule has 6 nitrogen and oxygen atoms in total. The van der Waals surface area contributed by atoms with Gasteiger partial charge < -0.3 is 26.6 Å². The van der Waals surface area contributed by atoms with Gasteiger partial charge in [-0.05, 0) is 33.1 Å². The summed E-state index contributed by atoms with van der Waals surface area (Å²) in [5.41, 5.74) is 0. The Balaban J connectivity index is 0. The fourth-order valence-corrected chi connectivity index (χ4v) is 7.50. The van der Waals surface area contributed by atoms with E-state index in [0.717, 1.165) is 18.5 Å². The molecule has 0 saturated carbocycles. The highest BCUT2D eigenvalue weighted by molar-refractivity contribution is 6.61. The van der Waals surface area contributed by atoms with Gasteiger partial charge in [0.05, 0.1) is 0 Å². The summed E-state index contributed by atoms with van der Waals surface area (Å²) in [6.45, 7) is 14.5. The first-order valence-electron chi connectivity index (χ1n) is 10.4. The molecular formula is C19H46O6Si2. The normalized spacial score (nSPS) is 12.2. The van der Waals surface area contributed by atoms with E-state index in [-0.39, 0.29) is 0 Å². The number of rotatable bonds is 16. The van der Waals surface area contributed by atoms with E-state index in [1.807, 2.05) is 20.8 Å². The zero-order valence-electron chi connectivity index (χ0n) is 19.4. The Labute approximate surface area is 170 Å². The first kappa shape index (κ1) is 29.4. The summed E-state index contributed by atoms with van der Waals surface area (Å²) >= 11 is 0. The third-order valence-corrected chi connectivity index (χ3v) is 10.4. The van der Waals surface area contributed by atoms with E-state index in [2.05, 4.69) is 20.8 Å². The molecule has 0 aromatic rings. The van der Waals surface area contributed by atoms with Crippen molar-refractivity contribution in [3.63, 3.8) is 0 Å². The number of hydrogen-bond donors (Lipinski definition) is 0. The molecule has 0 aromatic heterocycles. The molecule has 0 heterocycles. The highest BCUT2D eigenvalue weighted by Gasteiger charge is 2.40. The van der Waals surface area contributed by atoms with Crippen LogP contribution in [-0.2, 0) is 26.6 Å². The average Bonchev–Trinajstić information content (AvgIpc) is 2.63. The van der Waals surface area contributed by atoms with Gasteiger partial charge in [-0.3, -0.25) is 0 Å². The fraction of sp³-hybridized carbons (Fsp3) is 1.00. The minimum Gasteiger partial charge on any atom is -0.377 e. The van der Waals surface area contributed by atoms with Crippen LogP contribution in [0.25, 0.3) is 0 Å². The predicted molar refractivity (Wildman–Crippen MR) is 116 cm³/mol. The van der Waals surface area contributed by atoms with E-state index < -0.39 is 17.6 Å². The second-order valence-corrected chi connectivity index (χ2v) is 12.4. The van der Waals surface area contributed by atoms with Gasteiger partial charge in [-0.1, -0.05) is 40.0 Å². The Kier molecular flexibility index (Phi) is 19.9. The summed E-state index contributed by atoms with van der Waals surface area (Å²) in [5.74, 6) is 0.548. The van der Waals surface area contributed by atoms with Crippen LogP contribution in [-0.4, -0.2) is 58.8 Å². The van der Waals surface area contributed by atoms with Gasteiger partial charge in [0.15, 0.2) is 0 Å². The zero-order chi connectivity index (χ0) is 21.2. The third-order valence-electron chi connectivity index (χ3n) is 4.02. The van der Waals surface area contributed by atoms with E-state index in [9.17, 15) is 0 Å². The molecule has 0 saturated heterocycles. The quantitative estimate of drug-likeness (QED) is 0.252. The number of hydrogen-bond acceptors (Lipinski definition) is 6. The molecular weight excluding hydrogens is 380 g/mol. The Hall–Kier alpha value is 0.194. The van der Waals surface area contributed by atoms with Gasteiger partial charge in [0.25, 0.3) is 0 Å². The molecule has 27 heavy (non-hydrogen) atoms. The highest BCUT2D eigenvalue weighted by Crippen LogP contribution is 2.21. The molecule has 0 radical (unpaired) electrons. The summed E-state index contributed by atoms with van der Waals surface area (Å²) in [6.07, 6.45) is 4.90. The van der Waals surface area contributed by atoms with Crippen molar-refractivity contribution in [3.05, 3.63) is 0 Å². The topological polar surface area (TPSA) is 55.4 Å². The van der Waals surface area contributed by atoms with Crippen molar-refractivity contribution in [2.75, 3.05) is 41.2 Å². The van der Waals surface area contributed by atoms with E-state index in [1.54, 1.807) is 21.3 Å². The zero-order valence-corrected chi connectivity index (χ0v) is 21.4. The Bertz CT molecular complexity index is 289. The monoisotopic (exact) mass is 426 g/mol. The smallest absolute Gasteiger partial charge is 0.377 e. The molecule has 0 aliphatic carbocycles. The average molecular weight is 427 g/mol. The minimum absolute atomic E-state index is 0.548. The van der Waals surface area contributed by atoms with E-state index >= 15 is 0 Å². The van der Waals surface area contributed by atoms with Crippen molar-refractivity contribution >= 4 is 17.6 Å². The molecule has 0 fully saturated rings. The van der Waals surface area contributed by atoms with Crippen LogP contribution in [0.3, 0.4) is 0 Å². The maximum atomic E-state index is 5.72. The molecule has 0 spiro atoms. The van der Waals surface area contributed by atoms with Gasteiger partial charge in [0.1, 0.15) is 0 Å². The van der Waals surface area contributed by atoms with Crippen LogP contribution < -0.4 is 0 Å². The van der Waals surface area contributed by atoms with E-state index in [4.69, 9.17) is 26.6 Å². The molecule has 0 N–H and O–H groups in total. The molecule has 0 unspecified atom stereocenters. The summed E-state index contributed by atoms with van der Waals surface area (Å²) in [7, 11) is 0.371. The predicted octanol–water partition coefficient (Wildman–Crippen LogP) is 5.14. The lowest BCUT2D eigenvalue weighted by Crippen LogP contribution is -2.46. The van der Waals surface area contributed by atoms with Gasteiger partial charge in [-0.15, -0.1) is 0 Å². The Morgan fingerprint density at radius 1 is 0.630 bits per heavy atom. The van der Waals surface area contributed by atoms with Crippen molar-refractivity contribution in [2.45, 2.75) is 79.3 Å². The SMILES string of the molecule is CCCCCC[Si](OC)(OC)OC.CCO[Si](CC(C)C)(OCC)OCC. The van der Waals surface area contributed by atoms with Gasteiger partial charge >= 0.3 is 17.6 Å². The van der Waals surface area contributed by atoms with Crippen LogP contribution in [0.2, 0.25) is 12.1 Å². The molecule has 166 valence electrons. The number of unbranched alkanes of at least 4 members (excludes halogenated alkanes) is 3. The lowest BCUT2D eigenvalue weighted by molar-refractivity contribution is 0.0683. The molecule has 0 aliphatic heterocycles. The van der Waals surface area contributed by atoms with Crippen molar-refractivity contribution in [2.24, 2.45) is 5.92 Å². The van der Waals surface area contributed by atoms with Crippen LogP contribution in [0.4, 0.5) is 0 Å². The molecule has 0 aliphatic rings. The summed E-state index contributed by atoms with van der Waals surface area (Å²) in [4.78, 5) is 0. The lowest BCUT2D eigenvalue weighted by Gasteiger charge is -2.29. The van der Waals surface area contributed by atoms with Gasteiger partial charge in [-0.2, -0.15) is 0 Å². The molecule has 0 atom stereocenters. The van der Waals surface area contributed by atoms with Gasteiger partial charge in [-0.25, -0.2) is 0 Å². The molecule has 0 rings (SSSR count). The first-order valence-corrected chi connectivity index (χ1v) is 14.3. The maximum Gasteiger partial charge on any atom is 0.501 e. The van der Waals surface area contributed by atoms with Crippen LogP contribution in [0.15, 0.2) is 0 Å². The molecule has 8 heteroatoms. The molecule has 0 bridgehead atoms. The highest BCUT2D eigenvalue weighted by atomic mass is 28.4. The summed E-state index contributed by atoms with van der Waals surface area (Å²) in [6, 6.07) is 1.83. The van der Waals surface area contributed by atoms with E-state index in [1.165, 1.54) is 19.3 Å². The molecule has 0 aromatic carbocycles. The largest absolute Gasteiger partial charge is 0.501 e. The summed E-state index contributed by atoms with van der Waals surface area (Å²) < 4.78 is 33.1. The fourth-order valence-electron chi connectivity index (χ4n) is 2.79. The van der Waals surface area contributed by atoms with Crippen LogP contribution in [0.1, 0.15) is 67.2 Å². The second kappa shape index (κ2) is 18.2.